The molecule has 8 heteroatoms. The van der Waals surface area contributed by atoms with Crippen LogP contribution in [0.2, 0.25) is 0 Å². The number of hydrogen-bond acceptors (Lipinski definition) is 5. The molecule has 114 valence electrons. The Balaban J connectivity index is 1.99. The molecule has 1 atom stereocenters. The average molecular weight is 302 g/mol. The third kappa shape index (κ3) is 3.78. The van der Waals surface area contributed by atoms with Gasteiger partial charge in [-0.05, 0) is 25.8 Å². The molecule has 1 unspecified atom stereocenters. The van der Waals surface area contributed by atoms with Crippen molar-refractivity contribution in [2.24, 2.45) is 0 Å². The lowest BCUT2D eigenvalue weighted by Crippen LogP contribution is -2.52. The molecule has 7 nitrogen and oxygen atoms in total. The van der Waals surface area contributed by atoms with Crippen LogP contribution in [0.3, 0.4) is 0 Å². The van der Waals surface area contributed by atoms with Crippen molar-refractivity contribution in [3.8, 4) is 0 Å². The summed E-state index contributed by atoms with van der Waals surface area (Å²) in [6, 6.07) is 0. The van der Waals surface area contributed by atoms with Crippen LogP contribution in [0.4, 0.5) is 0 Å². The van der Waals surface area contributed by atoms with Gasteiger partial charge in [-0.3, -0.25) is 4.68 Å². The highest BCUT2D eigenvalue weighted by atomic mass is 32.2. The van der Waals surface area contributed by atoms with Gasteiger partial charge in [0.1, 0.15) is 4.90 Å². The summed E-state index contributed by atoms with van der Waals surface area (Å²) in [6.45, 7) is 3.97. The number of aromatic nitrogens is 2. The zero-order valence-electron chi connectivity index (χ0n) is 11.7. The normalized spacial score (nSPS) is 23.9. The van der Waals surface area contributed by atoms with E-state index >= 15 is 0 Å². The summed E-state index contributed by atoms with van der Waals surface area (Å²) in [5.41, 5.74) is -1.01. The van der Waals surface area contributed by atoms with E-state index in [9.17, 15) is 13.5 Å². The second kappa shape index (κ2) is 6.21. The van der Waals surface area contributed by atoms with Crippen molar-refractivity contribution in [2.45, 2.75) is 43.2 Å². The third-order valence-corrected chi connectivity index (χ3v) is 4.77. The van der Waals surface area contributed by atoms with Crippen LogP contribution < -0.4 is 10.0 Å². The smallest absolute Gasteiger partial charge is 0.243 e. The molecule has 1 aromatic heterocycles. The molecule has 0 saturated carbocycles. The summed E-state index contributed by atoms with van der Waals surface area (Å²) >= 11 is 0. The largest absolute Gasteiger partial charge is 0.387 e. The van der Waals surface area contributed by atoms with Gasteiger partial charge in [-0.15, -0.1) is 0 Å². The molecule has 2 heterocycles. The Kier molecular flexibility index (Phi) is 4.79. The number of nitrogens with one attached hydrogen (secondary N) is 2. The summed E-state index contributed by atoms with van der Waals surface area (Å²) in [5, 5.41) is 17.3. The van der Waals surface area contributed by atoms with Gasteiger partial charge in [-0.1, -0.05) is 6.92 Å². The number of aliphatic hydroxyl groups is 1. The number of rotatable bonds is 6. The maximum Gasteiger partial charge on any atom is 0.243 e. The maximum absolute atomic E-state index is 12.1. The van der Waals surface area contributed by atoms with Gasteiger partial charge >= 0.3 is 0 Å². The van der Waals surface area contributed by atoms with Crippen LogP contribution >= 0.6 is 0 Å². The zero-order valence-corrected chi connectivity index (χ0v) is 12.5. The molecule has 0 amide bonds. The van der Waals surface area contributed by atoms with Crippen molar-refractivity contribution >= 4 is 10.0 Å². The van der Waals surface area contributed by atoms with E-state index < -0.39 is 15.6 Å². The van der Waals surface area contributed by atoms with Gasteiger partial charge in [-0.2, -0.15) is 5.10 Å². The lowest BCUT2D eigenvalue weighted by atomic mass is 9.95. The van der Waals surface area contributed by atoms with E-state index in [-0.39, 0.29) is 11.4 Å². The number of piperidine rings is 1. The van der Waals surface area contributed by atoms with Crippen molar-refractivity contribution in [1.29, 1.82) is 0 Å². The first kappa shape index (κ1) is 15.4. The average Bonchev–Trinajstić information content (AvgIpc) is 2.88. The molecule has 1 fully saturated rings. The SMILES string of the molecule is CCCn1cc(S(=O)(=O)NCC2(O)CCCNC2)cn1. The Morgan fingerprint density at radius 2 is 2.40 bits per heavy atom. The fourth-order valence-corrected chi connectivity index (χ4v) is 3.32. The van der Waals surface area contributed by atoms with E-state index in [1.807, 2.05) is 6.92 Å². The lowest BCUT2D eigenvalue weighted by molar-refractivity contribution is 0.0218. The van der Waals surface area contributed by atoms with Crippen molar-refractivity contribution in [2.75, 3.05) is 19.6 Å². The highest BCUT2D eigenvalue weighted by Crippen LogP contribution is 2.16. The molecule has 3 N–H and O–H groups in total. The topological polar surface area (TPSA) is 96.2 Å². The van der Waals surface area contributed by atoms with Gasteiger partial charge in [0.05, 0.1) is 11.8 Å². The van der Waals surface area contributed by atoms with E-state index in [4.69, 9.17) is 0 Å². The first-order chi connectivity index (χ1) is 9.45. The molecule has 1 aromatic rings. The Morgan fingerprint density at radius 1 is 1.60 bits per heavy atom. The van der Waals surface area contributed by atoms with E-state index in [0.717, 1.165) is 19.4 Å². The van der Waals surface area contributed by atoms with Crippen molar-refractivity contribution in [1.82, 2.24) is 19.8 Å². The minimum absolute atomic E-state index is 0.0152. The first-order valence-electron chi connectivity index (χ1n) is 6.90. The van der Waals surface area contributed by atoms with Gasteiger partial charge < -0.3 is 10.4 Å². The van der Waals surface area contributed by atoms with Crippen LogP contribution in [-0.2, 0) is 16.6 Å². The van der Waals surface area contributed by atoms with E-state index in [1.165, 1.54) is 12.4 Å². The molecule has 2 rings (SSSR count). The quantitative estimate of drug-likeness (QED) is 0.669. The number of aryl methyl sites for hydroxylation is 1. The van der Waals surface area contributed by atoms with Crippen molar-refractivity contribution < 1.29 is 13.5 Å². The summed E-state index contributed by atoms with van der Waals surface area (Å²) in [4.78, 5) is 0.137. The Labute approximate surface area is 119 Å². The molecule has 0 bridgehead atoms. The number of hydrogen-bond donors (Lipinski definition) is 3. The number of β-amino-alcohol motifs (C(OH)–C–C–N with tert-alkyl or cyclic N) is 1. The van der Waals surface area contributed by atoms with Gasteiger partial charge in [-0.25, -0.2) is 13.1 Å². The highest BCUT2D eigenvalue weighted by Gasteiger charge is 2.31. The molecule has 0 aliphatic carbocycles. The van der Waals surface area contributed by atoms with E-state index in [1.54, 1.807) is 4.68 Å². The fourth-order valence-electron chi connectivity index (χ4n) is 2.25. The number of sulfonamides is 1. The number of nitrogens with zero attached hydrogens (tertiary/aromatic N) is 2. The van der Waals surface area contributed by atoms with Crippen LogP contribution in [-0.4, -0.2) is 48.5 Å². The monoisotopic (exact) mass is 302 g/mol. The minimum Gasteiger partial charge on any atom is -0.387 e. The molecule has 0 radical (unpaired) electrons. The molecular weight excluding hydrogens is 280 g/mol. The Bertz CT molecular complexity index is 535. The van der Waals surface area contributed by atoms with Gasteiger partial charge in [0.25, 0.3) is 0 Å². The van der Waals surface area contributed by atoms with Gasteiger partial charge in [0, 0.05) is 25.8 Å². The zero-order chi connectivity index (χ0) is 14.6. The van der Waals surface area contributed by atoms with Gasteiger partial charge in [0.2, 0.25) is 10.0 Å². The summed E-state index contributed by atoms with van der Waals surface area (Å²) in [6.07, 6.45) is 5.17. The molecule has 1 aliphatic rings. The van der Waals surface area contributed by atoms with Gasteiger partial charge in [0.15, 0.2) is 0 Å². The Hall–Kier alpha value is -0.960. The second-order valence-corrected chi connectivity index (χ2v) is 7.04. The third-order valence-electron chi connectivity index (χ3n) is 3.41. The fraction of sp³-hybridized carbons (Fsp3) is 0.750. The summed E-state index contributed by atoms with van der Waals surface area (Å²) in [5.74, 6) is 0. The van der Waals surface area contributed by atoms with Crippen LogP contribution in [0.5, 0.6) is 0 Å². The lowest BCUT2D eigenvalue weighted by Gasteiger charge is -2.32. The summed E-state index contributed by atoms with van der Waals surface area (Å²) in [7, 11) is -3.62. The molecular formula is C12H22N4O3S. The predicted octanol–water partition coefficient (Wildman–Crippen LogP) is -0.314. The van der Waals surface area contributed by atoms with Crippen molar-refractivity contribution in [3.63, 3.8) is 0 Å². The van der Waals surface area contributed by atoms with E-state index in [2.05, 4.69) is 15.1 Å². The van der Waals surface area contributed by atoms with E-state index in [0.29, 0.717) is 19.5 Å². The second-order valence-electron chi connectivity index (χ2n) is 5.27. The molecule has 20 heavy (non-hydrogen) atoms. The molecule has 1 saturated heterocycles. The molecule has 0 aromatic carbocycles. The van der Waals surface area contributed by atoms with Crippen molar-refractivity contribution in [3.05, 3.63) is 12.4 Å². The first-order valence-corrected chi connectivity index (χ1v) is 8.39. The standard InChI is InChI=1S/C12H22N4O3S/c1-2-6-16-8-11(7-14-16)20(18,19)15-10-12(17)4-3-5-13-9-12/h7-8,13,15,17H,2-6,9-10H2,1H3. The maximum atomic E-state index is 12.1. The molecule has 1 aliphatic heterocycles. The van der Waals surface area contributed by atoms with Crippen LogP contribution in [0.1, 0.15) is 26.2 Å². The minimum atomic E-state index is -3.62. The van der Waals surface area contributed by atoms with Crippen LogP contribution in [0.25, 0.3) is 0 Å². The van der Waals surface area contributed by atoms with Crippen LogP contribution in [0.15, 0.2) is 17.3 Å². The predicted molar refractivity (Wildman–Crippen MR) is 74.8 cm³/mol. The summed E-state index contributed by atoms with van der Waals surface area (Å²) < 4.78 is 28.3. The highest BCUT2D eigenvalue weighted by molar-refractivity contribution is 7.89. The van der Waals surface area contributed by atoms with Crippen LogP contribution in [0, 0.1) is 0 Å². The Morgan fingerprint density at radius 3 is 3.05 bits per heavy atom. The molecule has 0 spiro atoms.